The average Bonchev–Trinajstić information content (AvgIpc) is 3.16. The molecule has 34 heavy (non-hydrogen) atoms. The number of hydrogen-bond donors (Lipinski definition) is 1. The maximum atomic E-state index is 12.5. The molecule has 1 saturated heterocycles. The molecule has 0 atom stereocenters. The van der Waals surface area contributed by atoms with Crippen LogP contribution in [-0.2, 0) is 11.4 Å². The molecule has 5 nitrogen and oxygen atoms in total. The van der Waals surface area contributed by atoms with Crippen LogP contribution in [-0.4, -0.2) is 17.7 Å². The van der Waals surface area contributed by atoms with E-state index in [4.69, 9.17) is 44.3 Å². The Morgan fingerprint density at radius 1 is 0.971 bits per heavy atom. The van der Waals surface area contributed by atoms with Crippen molar-refractivity contribution in [1.82, 2.24) is 5.32 Å². The van der Waals surface area contributed by atoms with Gasteiger partial charge in [0.1, 0.15) is 6.61 Å². The summed E-state index contributed by atoms with van der Waals surface area (Å²) in [6, 6.07) is 18.2. The van der Waals surface area contributed by atoms with Crippen molar-refractivity contribution in [3.05, 3.63) is 91.8 Å². The summed E-state index contributed by atoms with van der Waals surface area (Å²) in [4.78, 5) is 17.4. The smallest absolute Gasteiger partial charge is 0.264 e. The minimum atomic E-state index is -0.251. The molecule has 3 aromatic carbocycles. The van der Waals surface area contributed by atoms with Crippen LogP contribution in [0.5, 0.6) is 11.5 Å². The monoisotopic (exact) mass is 532 g/mol. The number of aliphatic imine (C=N–C) groups is 1. The van der Waals surface area contributed by atoms with E-state index in [0.717, 1.165) is 11.1 Å². The Morgan fingerprint density at radius 2 is 1.76 bits per heavy atom. The summed E-state index contributed by atoms with van der Waals surface area (Å²) in [5.41, 5.74) is 2.15. The number of hydrogen-bond acceptors (Lipinski definition) is 5. The molecule has 1 heterocycles. The number of amidine groups is 1. The Labute approximate surface area is 216 Å². The summed E-state index contributed by atoms with van der Waals surface area (Å²) >= 11 is 19.7. The summed E-state index contributed by atoms with van der Waals surface area (Å²) in [7, 11) is 0. The minimum absolute atomic E-state index is 0.251. The van der Waals surface area contributed by atoms with Gasteiger partial charge in [-0.2, -0.15) is 0 Å². The van der Waals surface area contributed by atoms with Gasteiger partial charge >= 0.3 is 0 Å². The standard InChI is InChI=1S/C25H19Cl3N2O3S/c1-2-32-21-12-15(10-11-20(21)33-14-16-6-3-4-7-17(16)26)13-22-24(31)30-25(34-22)29-19-9-5-8-18(27)23(19)28/h3-13H,2,14H2,1H3,(H,29,30,31). The number of rotatable bonds is 7. The molecular formula is C25H19Cl3N2O3S. The zero-order chi connectivity index (χ0) is 24.1. The highest BCUT2D eigenvalue weighted by Crippen LogP contribution is 2.36. The Morgan fingerprint density at radius 3 is 2.56 bits per heavy atom. The number of amides is 1. The van der Waals surface area contributed by atoms with Crippen LogP contribution in [0.3, 0.4) is 0 Å². The van der Waals surface area contributed by atoms with E-state index in [-0.39, 0.29) is 5.91 Å². The van der Waals surface area contributed by atoms with Crippen molar-refractivity contribution in [2.45, 2.75) is 13.5 Å². The summed E-state index contributed by atoms with van der Waals surface area (Å²) in [5, 5.41) is 4.54. The van der Waals surface area contributed by atoms with Gasteiger partial charge in [-0.25, -0.2) is 4.99 Å². The number of thioether (sulfide) groups is 1. The van der Waals surface area contributed by atoms with Gasteiger partial charge in [-0.05, 0) is 60.7 Å². The lowest BCUT2D eigenvalue weighted by Gasteiger charge is -2.13. The van der Waals surface area contributed by atoms with Gasteiger partial charge in [-0.1, -0.05) is 65.1 Å². The first kappa shape index (κ1) is 24.5. The number of benzene rings is 3. The fraction of sp³-hybridized carbons (Fsp3) is 0.120. The molecule has 0 unspecified atom stereocenters. The third-order valence-corrected chi connectivity index (χ3v) is 6.80. The molecule has 1 aliphatic heterocycles. The molecular weight excluding hydrogens is 515 g/mol. The van der Waals surface area contributed by atoms with E-state index in [0.29, 0.717) is 55.5 Å². The third-order valence-electron chi connectivity index (χ3n) is 4.71. The average molecular weight is 534 g/mol. The second kappa shape index (κ2) is 11.2. The molecule has 3 aromatic rings. The van der Waals surface area contributed by atoms with E-state index >= 15 is 0 Å². The van der Waals surface area contributed by atoms with Crippen molar-refractivity contribution in [2.75, 3.05) is 6.61 Å². The van der Waals surface area contributed by atoms with Crippen LogP contribution in [0.4, 0.5) is 5.69 Å². The van der Waals surface area contributed by atoms with E-state index in [9.17, 15) is 4.79 Å². The van der Waals surface area contributed by atoms with E-state index in [2.05, 4.69) is 10.3 Å². The molecule has 0 radical (unpaired) electrons. The zero-order valence-electron chi connectivity index (χ0n) is 18.0. The van der Waals surface area contributed by atoms with E-state index in [1.807, 2.05) is 49.4 Å². The van der Waals surface area contributed by atoms with Crippen LogP contribution in [0, 0.1) is 0 Å². The number of carbonyl (C=O) groups excluding carboxylic acids is 1. The molecule has 0 aliphatic carbocycles. The zero-order valence-corrected chi connectivity index (χ0v) is 21.1. The first-order valence-electron chi connectivity index (χ1n) is 10.3. The van der Waals surface area contributed by atoms with Crippen molar-refractivity contribution in [2.24, 2.45) is 4.99 Å². The SMILES string of the molecule is CCOc1cc(C=C2SC(=Nc3cccc(Cl)c3Cl)NC2=O)ccc1OCc1ccccc1Cl. The molecule has 4 rings (SSSR count). The fourth-order valence-electron chi connectivity index (χ4n) is 3.09. The molecule has 0 spiro atoms. The molecule has 0 aromatic heterocycles. The largest absolute Gasteiger partial charge is 0.490 e. The predicted octanol–water partition coefficient (Wildman–Crippen LogP) is 7.52. The normalized spacial score (nSPS) is 15.6. The highest BCUT2D eigenvalue weighted by molar-refractivity contribution is 8.18. The van der Waals surface area contributed by atoms with E-state index in [1.165, 1.54) is 11.8 Å². The predicted molar refractivity (Wildman–Crippen MR) is 141 cm³/mol. The molecule has 174 valence electrons. The molecule has 0 saturated carbocycles. The lowest BCUT2D eigenvalue weighted by atomic mass is 10.2. The molecule has 0 bridgehead atoms. The fourth-order valence-corrected chi connectivity index (χ4v) is 4.46. The second-order valence-electron chi connectivity index (χ2n) is 7.07. The number of halogens is 3. The Hall–Kier alpha value is -2.64. The summed E-state index contributed by atoms with van der Waals surface area (Å²) in [6.07, 6.45) is 1.77. The van der Waals surface area contributed by atoms with Crippen LogP contribution >= 0.6 is 46.6 Å². The quantitative estimate of drug-likeness (QED) is 0.319. The van der Waals surface area contributed by atoms with Gasteiger partial charge in [0.15, 0.2) is 16.7 Å². The maximum absolute atomic E-state index is 12.5. The minimum Gasteiger partial charge on any atom is -0.490 e. The molecule has 1 fully saturated rings. The molecule has 9 heteroatoms. The van der Waals surface area contributed by atoms with Crippen molar-refractivity contribution in [3.8, 4) is 11.5 Å². The van der Waals surface area contributed by atoms with Crippen LogP contribution in [0.2, 0.25) is 15.1 Å². The van der Waals surface area contributed by atoms with Gasteiger partial charge in [-0.3, -0.25) is 4.79 Å². The van der Waals surface area contributed by atoms with Crippen molar-refractivity contribution in [3.63, 3.8) is 0 Å². The van der Waals surface area contributed by atoms with Gasteiger partial charge in [0, 0.05) is 10.6 Å². The van der Waals surface area contributed by atoms with Gasteiger partial charge in [-0.15, -0.1) is 0 Å². The summed E-state index contributed by atoms with van der Waals surface area (Å²) in [6.45, 7) is 2.67. The second-order valence-corrected chi connectivity index (χ2v) is 9.30. The van der Waals surface area contributed by atoms with Gasteiger partial charge in [0.2, 0.25) is 0 Å². The first-order valence-corrected chi connectivity index (χ1v) is 12.3. The molecule has 1 N–H and O–H groups in total. The van der Waals surface area contributed by atoms with Crippen molar-refractivity contribution < 1.29 is 14.3 Å². The molecule has 1 amide bonds. The van der Waals surface area contributed by atoms with Crippen molar-refractivity contribution in [1.29, 1.82) is 0 Å². The topological polar surface area (TPSA) is 59.9 Å². The number of nitrogens with zero attached hydrogens (tertiary/aromatic N) is 1. The highest BCUT2D eigenvalue weighted by atomic mass is 35.5. The summed E-state index contributed by atoms with van der Waals surface area (Å²) in [5.74, 6) is 0.913. The first-order chi connectivity index (χ1) is 16.4. The third kappa shape index (κ3) is 5.88. The van der Waals surface area contributed by atoms with Crippen molar-refractivity contribution >= 4 is 69.4 Å². The number of carbonyl (C=O) groups is 1. The van der Waals surface area contributed by atoms with Crippen LogP contribution < -0.4 is 14.8 Å². The number of nitrogens with one attached hydrogen (secondary N) is 1. The Bertz CT molecular complexity index is 1290. The lowest BCUT2D eigenvalue weighted by molar-refractivity contribution is -0.115. The summed E-state index contributed by atoms with van der Waals surface area (Å²) < 4.78 is 11.7. The number of ether oxygens (including phenoxy) is 2. The Balaban J connectivity index is 1.53. The van der Waals surface area contributed by atoms with Crippen LogP contribution in [0.15, 0.2) is 70.6 Å². The van der Waals surface area contributed by atoms with E-state index < -0.39 is 0 Å². The Kier molecular flexibility index (Phi) is 8.06. The maximum Gasteiger partial charge on any atom is 0.264 e. The van der Waals surface area contributed by atoms with Gasteiger partial charge in [0.05, 0.1) is 27.2 Å². The van der Waals surface area contributed by atoms with Gasteiger partial charge < -0.3 is 14.8 Å². The van der Waals surface area contributed by atoms with E-state index in [1.54, 1.807) is 24.3 Å². The highest BCUT2D eigenvalue weighted by Gasteiger charge is 2.24. The van der Waals surface area contributed by atoms with Crippen LogP contribution in [0.25, 0.3) is 6.08 Å². The van der Waals surface area contributed by atoms with Gasteiger partial charge in [0.25, 0.3) is 5.91 Å². The molecule has 1 aliphatic rings. The lowest BCUT2D eigenvalue weighted by Crippen LogP contribution is -2.19. The van der Waals surface area contributed by atoms with Crippen LogP contribution in [0.1, 0.15) is 18.1 Å².